The first-order valence-electron chi connectivity index (χ1n) is 7.52. The number of likely N-dealkylation sites (tertiary alicyclic amines) is 1. The summed E-state index contributed by atoms with van der Waals surface area (Å²) < 4.78 is 0. The molecule has 1 saturated heterocycles. The highest BCUT2D eigenvalue weighted by atomic mass is 35.5. The Labute approximate surface area is 135 Å². The minimum atomic E-state index is 0.201. The second-order valence-electron chi connectivity index (χ2n) is 5.64. The van der Waals surface area contributed by atoms with Crippen LogP contribution in [0.15, 0.2) is 36.4 Å². The number of nitrogens with one attached hydrogen (secondary N) is 1. The van der Waals surface area contributed by atoms with E-state index in [2.05, 4.69) is 44.5 Å². The van der Waals surface area contributed by atoms with Crippen LogP contribution < -0.4 is 11.1 Å². The summed E-state index contributed by atoms with van der Waals surface area (Å²) in [5.41, 5.74) is 6.98. The maximum absolute atomic E-state index is 5.92. The first-order valence-corrected chi connectivity index (χ1v) is 7.90. The van der Waals surface area contributed by atoms with Gasteiger partial charge in [-0.05, 0) is 24.9 Å². The first-order chi connectivity index (χ1) is 10.7. The van der Waals surface area contributed by atoms with Crippen LogP contribution in [0.5, 0.6) is 0 Å². The third-order valence-corrected chi connectivity index (χ3v) is 4.01. The maximum Gasteiger partial charge on any atom is 0.223 e. The van der Waals surface area contributed by atoms with Crippen LogP contribution in [0.3, 0.4) is 0 Å². The van der Waals surface area contributed by atoms with Crippen molar-refractivity contribution in [2.24, 2.45) is 0 Å². The molecule has 2 heterocycles. The number of nitrogens with two attached hydrogens (primary N) is 1. The van der Waals surface area contributed by atoms with E-state index in [1.54, 1.807) is 6.07 Å². The molecule has 0 unspecified atom stereocenters. The molecule has 1 atom stereocenters. The molecule has 1 fully saturated rings. The Morgan fingerprint density at radius 1 is 1.27 bits per heavy atom. The first kappa shape index (κ1) is 15.1. The lowest BCUT2D eigenvalue weighted by Crippen LogP contribution is -2.41. The average molecular weight is 318 g/mol. The zero-order chi connectivity index (χ0) is 15.4. The fraction of sp³-hybridized carbons (Fsp3) is 0.375. The van der Waals surface area contributed by atoms with Gasteiger partial charge in [-0.1, -0.05) is 41.9 Å². The van der Waals surface area contributed by atoms with Crippen LogP contribution in [-0.2, 0) is 6.54 Å². The Balaban J connectivity index is 1.60. The summed E-state index contributed by atoms with van der Waals surface area (Å²) in [6.07, 6.45) is 2.28. The number of hydrogen-bond donors (Lipinski definition) is 2. The standard InChI is InChI=1S/C16H20ClN5/c17-14-9-15(21-16(18)20-14)19-13-7-4-8-22(11-13)10-12-5-2-1-3-6-12/h1-3,5-6,9,13H,4,7-8,10-11H2,(H3,18,19,20,21)/t13-/m1/s1. The molecule has 1 aromatic carbocycles. The summed E-state index contributed by atoms with van der Waals surface area (Å²) in [7, 11) is 0. The number of nitrogens with zero attached hydrogens (tertiary/aromatic N) is 3. The quantitative estimate of drug-likeness (QED) is 0.849. The number of piperidine rings is 1. The molecule has 0 amide bonds. The summed E-state index contributed by atoms with van der Waals surface area (Å²) in [4.78, 5) is 10.5. The number of rotatable bonds is 4. The lowest BCUT2D eigenvalue weighted by molar-refractivity contribution is 0.208. The lowest BCUT2D eigenvalue weighted by Gasteiger charge is -2.33. The van der Waals surface area contributed by atoms with Crippen LogP contribution in [0.25, 0.3) is 0 Å². The van der Waals surface area contributed by atoms with Crippen molar-refractivity contribution in [3.63, 3.8) is 0 Å². The van der Waals surface area contributed by atoms with Gasteiger partial charge in [0.15, 0.2) is 0 Å². The highest BCUT2D eigenvalue weighted by Gasteiger charge is 2.20. The van der Waals surface area contributed by atoms with Crippen molar-refractivity contribution >= 4 is 23.4 Å². The van der Waals surface area contributed by atoms with Crippen molar-refractivity contribution < 1.29 is 0 Å². The van der Waals surface area contributed by atoms with Crippen LogP contribution in [-0.4, -0.2) is 34.0 Å². The highest BCUT2D eigenvalue weighted by Crippen LogP contribution is 2.19. The van der Waals surface area contributed by atoms with Crippen LogP contribution in [0.4, 0.5) is 11.8 Å². The van der Waals surface area contributed by atoms with E-state index in [-0.39, 0.29) is 5.95 Å². The summed E-state index contributed by atoms with van der Waals surface area (Å²) in [6, 6.07) is 12.6. The van der Waals surface area contributed by atoms with Crippen molar-refractivity contribution in [2.45, 2.75) is 25.4 Å². The van der Waals surface area contributed by atoms with E-state index < -0.39 is 0 Å². The van der Waals surface area contributed by atoms with Gasteiger partial charge in [-0.3, -0.25) is 4.90 Å². The van der Waals surface area contributed by atoms with E-state index in [1.807, 2.05) is 6.07 Å². The van der Waals surface area contributed by atoms with Gasteiger partial charge in [-0.15, -0.1) is 0 Å². The van der Waals surface area contributed by atoms with E-state index in [4.69, 9.17) is 17.3 Å². The number of benzene rings is 1. The molecule has 0 bridgehead atoms. The molecular formula is C16H20ClN5. The van der Waals surface area contributed by atoms with Crippen molar-refractivity contribution in [1.82, 2.24) is 14.9 Å². The highest BCUT2D eigenvalue weighted by molar-refractivity contribution is 6.29. The fourth-order valence-electron chi connectivity index (χ4n) is 2.88. The molecule has 3 N–H and O–H groups in total. The molecule has 1 aromatic heterocycles. The van der Waals surface area contributed by atoms with Gasteiger partial charge in [0.05, 0.1) is 0 Å². The number of halogens is 1. The van der Waals surface area contributed by atoms with Gasteiger partial charge in [-0.25, -0.2) is 4.98 Å². The molecule has 6 heteroatoms. The number of anilines is 2. The van der Waals surface area contributed by atoms with Crippen molar-refractivity contribution in [2.75, 3.05) is 24.1 Å². The van der Waals surface area contributed by atoms with E-state index >= 15 is 0 Å². The maximum atomic E-state index is 5.92. The molecule has 1 aliphatic heterocycles. The molecule has 0 aliphatic carbocycles. The van der Waals surface area contributed by atoms with Gasteiger partial charge >= 0.3 is 0 Å². The van der Waals surface area contributed by atoms with Crippen LogP contribution >= 0.6 is 11.6 Å². The molecule has 0 radical (unpaired) electrons. The molecule has 0 spiro atoms. The lowest BCUT2D eigenvalue weighted by atomic mass is 10.0. The topological polar surface area (TPSA) is 67.1 Å². The minimum absolute atomic E-state index is 0.201. The molecule has 22 heavy (non-hydrogen) atoms. The van der Waals surface area contributed by atoms with Gasteiger partial charge in [0.1, 0.15) is 11.0 Å². The molecule has 3 rings (SSSR count). The van der Waals surface area contributed by atoms with Gasteiger partial charge in [-0.2, -0.15) is 4.98 Å². The Kier molecular flexibility index (Phi) is 4.75. The van der Waals surface area contributed by atoms with Gasteiger partial charge < -0.3 is 11.1 Å². The van der Waals surface area contributed by atoms with E-state index in [0.29, 0.717) is 17.0 Å². The second kappa shape index (κ2) is 6.94. The van der Waals surface area contributed by atoms with Crippen molar-refractivity contribution in [3.8, 4) is 0 Å². The third-order valence-electron chi connectivity index (χ3n) is 3.82. The number of aromatic nitrogens is 2. The van der Waals surface area contributed by atoms with Crippen LogP contribution in [0.1, 0.15) is 18.4 Å². The Hall–Kier alpha value is -1.85. The summed E-state index contributed by atoms with van der Waals surface area (Å²) in [5, 5.41) is 3.79. The molecule has 5 nitrogen and oxygen atoms in total. The van der Waals surface area contributed by atoms with Crippen molar-refractivity contribution in [1.29, 1.82) is 0 Å². The zero-order valence-corrected chi connectivity index (χ0v) is 13.1. The van der Waals surface area contributed by atoms with Gasteiger partial charge in [0.2, 0.25) is 5.95 Å². The Morgan fingerprint density at radius 2 is 2.09 bits per heavy atom. The van der Waals surface area contributed by atoms with Crippen LogP contribution in [0, 0.1) is 0 Å². The van der Waals surface area contributed by atoms with E-state index in [9.17, 15) is 0 Å². The normalized spacial score (nSPS) is 19.0. The summed E-state index contributed by atoms with van der Waals surface area (Å²) in [5.74, 6) is 0.899. The van der Waals surface area contributed by atoms with Gasteiger partial charge in [0, 0.05) is 25.2 Å². The third kappa shape index (κ3) is 4.08. The fourth-order valence-corrected chi connectivity index (χ4v) is 3.07. The second-order valence-corrected chi connectivity index (χ2v) is 6.03. The number of hydrogen-bond acceptors (Lipinski definition) is 5. The summed E-state index contributed by atoms with van der Waals surface area (Å²) >= 11 is 5.92. The van der Waals surface area contributed by atoms with Crippen LogP contribution in [0.2, 0.25) is 5.15 Å². The minimum Gasteiger partial charge on any atom is -0.368 e. The Morgan fingerprint density at radius 3 is 2.86 bits per heavy atom. The molecule has 116 valence electrons. The average Bonchev–Trinajstić information content (AvgIpc) is 2.47. The zero-order valence-electron chi connectivity index (χ0n) is 12.4. The van der Waals surface area contributed by atoms with E-state index in [1.165, 1.54) is 12.0 Å². The van der Waals surface area contributed by atoms with Gasteiger partial charge in [0.25, 0.3) is 0 Å². The smallest absolute Gasteiger partial charge is 0.223 e. The number of nitrogen functional groups attached to an aromatic ring is 1. The molecule has 0 saturated carbocycles. The summed E-state index contributed by atoms with van der Waals surface area (Å²) in [6.45, 7) is 3.09. The van der Waals surface area contributed by atoms with E-state index in [0.717, 1.165) is 26.1 Å². The molecule has 2 aromatic rings. The Bertz CT molecular complexity index is 599. The predicted molar refractivity (Wildman–Crippen MR) is 89.8 cm³/mol. The largest absolute Gasteiger partial charge is 0.368 e. The monoisotopic (exact) mass is 317 g/mol. The molecular weight excluding hydrogens is 298 g/mol. The predicted octanol–water partition coefficient (Wildman–Crippen LogP) is 2.79. The SMILES string of the molecule is Nc1nc(Cl)cc(N[C@@H]2CCCN(Cc3ccccc3)C2)n1. The molecule has 1 aliphatic rings. The van der Waals surface area contributed by atoms with Crippen molar-refractivity contribution in [3.05, 3.63) is 47.1 Å².